The van der Waals surface area contributed by atoms with Crippen LogP contribution in [0, 0.1) is 0 Å². The van der Waals surface area contributed by atoms with E-state index in [0.717, 1.165) is 31.2 Å². The van der Waals surface area contributed by atoms with Crippen molar-refractivity contribution in [2.45, 2.75) is 6.42 Å². The van der Waals surface area contributed by atoms with Gasteiger partial charge in [-0.05, 0) is 18.6 Å². The molecule has 0 bridgehead atoms. The van der Waals surface area contributed by atoms with Crippen LogP contribution in [0.4, 0.5) is 0 Å². The summed E-state index contributed by atoms with van der Waals surface area (Å²) >= 11 is 5.97. The standard InChI is InChI=1S/C12H16ClN3O.HI/c13-10-4-1-2-5-11(10)17-9-8-16-12-14-6-3-7-15-12;/h1-2,4-5H,3,6-9H2,(H2,14,15,16);1H. The molecule has 1 heterocycles. The van der Waals surface area contributed by atoms with E-state index in [-0.39, 0.29) is 24.0 Å². The Morgan fingerprint density at radius 2 is 2.22 bits per heavy atom. The van der Waals surface area contributed by atoms with Gasteiger partial charge in [-0.25, -0.2) is 0 Å². The molecule has 0 saturated carbocycles. The van der Waals surface area contributed by atoms with E-state index in [0.29, 0.717) is 18.2 Å². The highest BCUT2D eigenvalue weighted by atomic mass is 127. The Bertz CT molecular complexity index is 401. The average molecular weight is 382 g/mol. The Morgan fingerprint density at radius 3 is 2.94 bits per heavy atom. The van der Waals surface area contributed by atoms with Crippen LogP contribution in [-0.2, 0) is 0 Å². The van der Waals surface area contributed by atoms with E-state index in [1.54, 1.807) is 0 Å². The number of nitrogens with zero attached hydrogens (tertiary/aromatic N) is 1. The Balaban J connectivity index is 0.00000162. The van der Waals surface area contributed by atoms with Crippen molar-refractivity contribution < 1.29 is 4.74 Å². The number of halogens is 2. The molecule has 1 aromatic rings. The molecule has 0 radical (unpaired) electrons. The molecule has 0 spiro atoms. The Kier molecular flexibility index (Phi) is 7.19. The van der Waals surface area contributed by atoms with E-state index in [1.165, 1.54) is 0 Å². The molecule has 1 aliphatic rings. The summed E-state index contributed by atoms with van der Waals surface area (Å²) in [6, 6.07) is 7.46. The highest BCUT2D eigenvalue weighted by Gasteiger charge is 2.03. The molecule has 0 saturated heterocycles. The largest absolute Gasteiger partial charge is 0.490 e. The molecule has 18 heavy (non-hydrogen) atoms. The smallest absolute Gasteiger partial charge is 0.191 e. The number of rotatable bonds is 4. The minimum atomic E-state index is 0. The summed E-state index contributed by atoms with van der Waals surface area (Å²) < 4.78 is 5.55. The summed E-state index contributed by atoms with van der Waals surface area (Å²) in [6.07, 6.45) is 1.10. The normalized spacial score (nSPS) is 13.9. The third kappa shape index (κ3) is 4.89. The summed E-state index contributed by atoms with van der Waals surface area (Å²) in [4.78, 5) is 4.30. The van der Waals surface area contributed by atoms with Gasteiger partial charge in [-0.1, -0.05) is 23.7 Å². The van der Waals surface area contributed by atoms with Crippen molar-refractivity contribution in [3.8, 4) is 5.75 Å². The van der Waals surface area contributed by atoms with Gasteiger partial charge < -0.3 is 15.4 Å². The maximum Gasteiger partial charge on any atom is 0.191 e. The van der Waals surface area contributed by atoms with Crippen LogP contribution in [0.25, 0.3) is 0 Å². The van der Waals surface area contributed by atoms with Crippen LogP contribution in [0.15, 0.2) is 29.3 Å². The first-order chi connectivity index (χ1) is 8.36. The molecule has 0 atom stereocenters. The van der Waals surface area contributed by atoms with Crippen molar-refractivity contribution in [2.75, 3.05) is 26.2 Å². The predicted octanol–water partition coefficient (Wildman–Crippen LogP) is 2.28. The third-order valence-corrected chi connectivity index (χ3v) is 2.70. The summed E-state index contributed by atoms with van der Waals surface area (Å²) in [5.41, 5.74) is 0. The SMILES string of the molecule is Clc1ccccc1OCCNC1=NCCCN1.I. The number of nitrogens with one attached hydrogen (secondary N) is 2. The highest BCUT2D eigenvalue weighted by molar-refractivity contribution is 14.0. The molecule has 1 aliphatic heterocycles. The van der Waals surface area contributed by atoms with Gasteiger partial charge in [0.15, 0.2) is 5.96 Å². The van der Waals surface area contributed by atoms with Crippen molar-refractivity contribution in [1.29, 1.82) is 0 Å². The Hall–Kier alpha value is -0.690. The van der Waals surface area contributed by atoms with E-state index >= 15 is 0 Å². The van der Waals surface area contributed by atoms with E-state index < -0.39 is 0 Å². The lowest BCUT2D eigenvalue weighted by molar-refractivity contribution is 0.322. The van der Waals surface area contributed by atoms with Gasteiger partial charge in [0.05, 0.1) is 11.6 Å². The van der Waals surface area contributed by atoms with Crippen LogP contribution in [0.3, 0.4) is 0 Å². The van der Waals surface area contributed by atoms with E-state index in [1.807, 2.05) is 24.3 Å². The maximum absolute atomic E-state index is 5.97. The molecule has 2 N–H and O–H groups in total. The molecule has 0 fully saturated rings. The second-order valence-corrected chi connectivity index (χ2v) is 4.12. The lowest BCUT2D eigenvalue weighted by Gasteiger charge is -2.16. The minimum Gasteiger partial charge on any atom is -0.490 e. The number of benzene rings is 1. The molecular formula is C12H17ClIN3O. The zero-order chi connectivity index (χ0) is 11.9. The first kappa shape index (κ1) is 15.4. The van der Waals surface area contributed by atoms with Crippen molar-refractivity contribution in [3.63, 3.8) is 0 Å². The van der Waals surface area contributed by atoms with E-state index in [4.69, 9.17) is 16.3 Å². The second kappa shape index (κ2) is 8.42. The van der Waals surface area contributed by atoms with Crippen molar-refractivity contribution in [3.05, 3.63) is 29.3 Å². The van der Waals surface area contributed by atoms with Crippen LogP contribution in [0.1, 0.15) is 6.42 Å². The van der Waals surface area contributed by atoms with Gasteiger partial charge in [-0.3, -0.25) is 4.99 Å². The fourth-order valence-electron chi connectivity index (χ4n) is 1.54. The van der Waals surface area contributed by atoms with Gasteiger partial charge >= 0.3 is 0 Å². The van der Waals surface area contributed by atoms with E-state index in [2.05, 4.69) is 15.6 Å². The molecule has 1 aromatic carbocycles. The number of aliphatic imine (C=N–C) groups is 1. The summed E-state index contributed by atoms with van der Waals surface area (Å²) in [5.74, 6) is 1.58. The number of guanidine groups is 1. The fraction of sp³-hybridized carbons (Fsp3) is 0.417. The topological polar surface area (TPSA) is 45.6 Å². The minimum absolute atomic E-state index is 0. The molecular weight excluding hydrogens is 365 g/mol. The van der Waals surface area contributed by atoms with Gasteiger partial charge in [-0.15, -0.1) is 24.0 Å². The zero-order valence-corrected chi connectivity index (χ0v) is 13.1. The predicted molar refractivity (Wildman–Crippen MR) is 85.3 cm³/mol. The van der Waals surface area contributed by atoms with Gasteiger partial charge in [0.1, 0.15) is 12.4 Å². The maximum atomic E-state index is 5.97. The van der Waals surface area contributed by atoms with Gasteiger partial charge in [0.2, 0.25) is 0 Å². The quantitative estimate of drug-likeness (QED) is 0.621. The monoisotopic (exact) mass is 381 g/mol. The zero-order valence-electron chi connectivity index (χ0n) is 9.99. The summed E-state index contributed by atoms with van der Waals surface area (Å²) in [5, 5.41) is 7.01. The van der Waals surface area contributed by atoms with Crippen molar-refractivity contribution in [1.82, 2.24) is 10.6 Å². The van der Waals surface area contributed by atoms with Crippen LogP contribution < -0.4 is 15.4 Å². The van der Waals surface area contributed by atoms with Crippen molar-refractivity contribution in [2.24, 2.45) is 4.99 Å². The molecule has 2 rings (SSSR count). The highest BCUT2D eigenvalue weighted by Crippen LogP contribution is 2.22. The van der Waals surface area contributed by atoms with Gasteiger partial charge in [0.25, 0.3) is 0 Å². The molecule has 0 amide bonds. The number of ether oxygens (including phenoxy) is 1. The molecule has 100 valence electrons. The Labute approximate surface area is 129 Å². The number of hydrogen-bond donors (Lipinski definition) is 2. The molecule has 6 heteroatoms. The van der Waals surface area contributed by atoms with Crippen LogP contribution in [0.2, 0.25) is 5.02 Å². The Morgan fingerprint density at radius 1 is 1.39 bits per heavy atom. The first-order valence-electron chi connectivity index (χ1n) is 5.76. The average Bonchev–Trinajstić information content (AvgIpc) is 2.38. The lowest BCUT2D eigenvalue weighted by Crippen LogP contribution is -2.42. The number of para-hydroxylation sites is 1. The molecule has 0 aromatic heterocycles. The molecule has 4 nitrogen and oxygen atoms in total. The second-order valence-electron chi connectivity index (χ2n) is 3.72. The third-order valence-electron chi connectivity index (χ3n) is 2.39. The molecule has 0 aliphatic carbocycles. The first-order valence-corrected chi connectivity index (χ1v) is 6.13. The van der Waals surface area contributed by atoms with Crippen LogP contribution in [-0.4, -0.2) is 32.2 Å². The van der Waals surface area contributed by atoms with Gasteiger partial charge in [-0.2, -0.15) is 0 Å². The van der Waals surface area contributed by atoms with Crippen LogP contribution in [0.5, 0.6) is 5.75 Å². The lowest BCUT2D eigenvalue weighted by atomic mass is 10.3. The summed E-state index contributed by atoms with van der Waals surface area (Å²) in [7, 11) is 0. The van der Waals surface area contributed by atoms with Crippen molar-refractivity contribution >= 4 is 41.5 Å². The molecule has 0 unspecified atom stereocenters. The number of hydrogen-bond acceptors (Lipinski definition) is 4. The summed E-state index contributed by atoms with van der Waals surface area (Å²) in [6.45, 7) is 3.14. The van der Waals surface area contributed by atoms with Crippen LogP contribution >= 0.6 is 35.6 Å². The van der Waals surface area contributed by atoms with E-state index in [9.17, 15) is 0 Å². The fourth-order valence-corrected chi connectivity index (χ4v) is 1.73. The van der Waals surface area contributed by atoms with Gasteiger partial charge in [0, 0.05) is 13.1 Å².